The molecule has 0 unspecified atom stereocenters. The van der Waals surface area contributed by atoms with Crippen LogP contribution in [0.3, 0.4) is 0 Å². The van der Waals surface area contributed by atoms with Gasteiger partial charge in [0.1, 0.15) is 5.75 Å². The highest BCUT2D eigenvalue weighted by atomic mass is 16.5. The zero-order chi connectivity index (χ0) is 10.1. The predicted molar refractivity (Wildman–Crippen MR) is 51.2 cm³/mol. The van der Waals surface area contributed by atoms with E-state index in [-0.39, 0.29) is 0 Å². The number of hydrogen-bond acceptors (Lipinski definition) is 6. The molecule has 0 spiro atoms. The molecule has 0 aliphatic carbocycles. The molecule has 2 aliphatic heterocycles. The molecule has 6 heteroatoms. The van der Waals surface area contributed by atoms with Crippen molar-refractivity contribution >= 4 is 5.84 Å². The Balaban J connectivity index is 1.92. The first-order valence-electron chi connectivity index (χ1n) is 4.31. The zero-order valence-electron chi connectivity index (χ0n) is 7.53. The summed E-state index contributed by atoms with van der Waals surface area (Å²) in [4.78, 5) is 0. The van der Waals surface area contributed by atoms with E-state index in [1.807, 2.05) is 30.3 Å². The van der Waals surface area contributed by atoms with Gasteiger partial charge in [-0.25, -0.2) is 0 Å². The summed E-state index contributed by atoms with van der Waals surface area (Å²) < 4.78 is 5.47. The summed E-state index contributed by atoms with van der Waals surface area (Å²) in [5.41, 5.74) is 0.485. The van der Waals surface area contributed by atoms with Crippen molar-refractivity contribution in [1.29, 1.82) is 0 Å². The van der Waals surface area contributed by atoms with Crippen LogP contribution in [0.25, 0.3) is 0 Å². The average molecular weight is 199 g/mol. The molecule has 3 rings (SSSR count). The van der Waals surface area contributed by atoms with Crippen molar-refractivity contribution in [3.63, 3.8) is 0 Å². The van der Waals surface area contributed by atoms with E-state index in [1.54, 1.807) is 0 Å². The van der Waals surface area contributed by atoms with E-state index in [2.05, 4.69) is 25.7 Å². The van der Waals surface area contributed by atoms with Crippen LogP contribution in [0, 0.1) is 0 Å². The molecule has 1 aromatic carbocycles. The van der Waals surface area contributed by atoms with E-state index >= 15 is 0 Å². The summed E-state index contributed by atoms with van der Waals surface area (Å²) in [5, 5.41) is 18.5. The van der Waals surface area contributed by atoms with E-state index in [1.165, 1.54) is 0 Å². The summed E-state index contributed by atoms with van der Waals surface area (Å²) >= 11 is 0. The van der Waals surface area contributed by atoms with Gasteiger partial charge in [-0.15, -0.1) is 20.4 Å². The van der Waals surface area contributed by atoms with Gasteiger partial charge in [0.05, 0.1) is 0 Å². The topological polar surface area (TPSA) is 71.0 Å². The second-order valence-corrected chi connectivity index (χ2v) is 2.88. The van der Waals surface area contributed by atoms with Crippen LogP contribution in [0.4, 0.5) is 0 Å². The fourth-order valence-corrected chi connectivity index (χ4v) is 1.22. The summed E-state index contributed by atoms with van der Waals surface area (Å²) in [5.74, 6) is 1.42. The number of fused-ring (bicyclic) bond motifs is 1. The quantitative estimate of drug-likeness (QED) is 0.721. The van der Waals surface area contributed by atoms with Gasteiger partial charge in [-0.1, -0.05) is 18.2 Å². The van der Waals surface area contributed by atoms with Crippen LogP contribution in [0.2, 0.25) is 0 Å². The highest BCUT2D eigenvalue weighted by Crippen LogP contribution is 2.25. The number of hydrogen-bond donors (Lipinski definition) is 0. The van der Waals surface area contributed by atoms with Crippen LogP contribution in [0.5, 0.6) is 5.75 Å². The van der Waals surface area contributed by atoms with Crippen molar-refractivity contribution in [2.45, 2.75) is 0 Å². The minimum Gasteiger partial charge on any atom is -0.436 e. The predicted octanol–water partition coefficient (Wildman–Crippen LogP) is 2.48. The SMILES string of the molecule is c1ccc(OC2=C3N=NN=C3N=N2)cc1. The lowest BCUT2D eigenvalue weighted by molar-refractivity contribution is 0.414. The molecule has 0 saturated carbocycles. The van der Waals surface area contributed by atoms with E-state index in [0.29, 0.717) is 23.2 Å². The first kappa shape index (κ1) is 7.98. The Morgan fingerprint density at radius 1 is 0.933 bits per heavy atom. The van der Waals surface area contributed by atoms with Crippen LogP contribution in [-0.2, 0) is 0 Å². The summed E-state index contributed by atoms with van der Waals surface area (Å²) in [7, 11) is 0. The molecule has 6 nitrogen and oxygen atoms in total. The summed E-state index contributed by atoms with van der Waals surface area (Å²) in [6.07, 6.45) is 0. The van der Waals surface area contributed by atoms with Crippen LogP contribution < -0.4 is 4.74 Å². The Kier molecular flexibility index (Phi) is 1.64. The largest absolute Gasteiger partial charge is 0.436 e. The second kappa shape index (κ2) is 3.09. The molecular weight excluding hydrogens is 194 g/mol. The maximum atomic E-state index is 5.47. The van der Waals surface area contributed by atoms with Gasteiger partial charge in [0, 0.05) is 0 Å². The normalized spacial score (nSPS) is 16.9. The first-order valence-corrected chi connectivity index (χ1v) is 4.31. The maximum absolute atomic E-state index is 5.47. The van der Waals surface area contributed by atoms with Gasteiger partial charge >= 0.3 is 0 Å². The van der Waals surface area contributed by atoms with Crippen molar-refractivity contribution < 1.29 is 4.74 Å². The smallest absolute Gasteiger partial charge is 0.271 e. The van der Waals surface area contributed by atoms with Crippen molar-refractivity contribution in [2.75, 3.05) is 0 Å². The molecular formula is C9H5N5O. The van der Waals surface area contributed by atoms with E-state index in [9.17, 15) is 0 Å². The Morgan fingerprint density at radius 3 is 2.67 bits per heavy atom. The van der Waals surface area contributed by atoms with Gasteiger partial charge in [-0.05, 0) is 17.4 Å². The highest BCUT2D eigenvalue weighted by Gasteiger charge is 2.25. The standard InChI is InChI=1S/C9H5N5O/c1-2-4-6(5-3-1)15-9-7-8(11-13-9)12-14-10-7/h1-5H. The Labute approximate surface area is 84.7 Å². The lowest BCUT2D eigenvalue weighted by Crippen LogP contribution is -1.95. The van der Waals surface area contributed by atoms with Crippen LogP contribution in [0.1, 0.15) is 0 Å². The molecule has 0 radical (unpaired) electrons. The van der Waals surface area contributed by atoms with Crippen molar-refractivity contribution in [2.24, 2.45) is 25.7 Å². The van der Waals surface area contributed by atoms with Gasteiger partial charge < -0.3 is 4.74 Å². The molecule has 0 N–H and O–H groups in total. The maximum Gasteiger partial charge on any atom is 0.271 e. The molecule has 0 atom stereocenters. The molecule has 2 aliphatic rings. The van der Waals surface area contributed by atoms with E-state index in [0.717, 1.165) is 0 Å². The minimum atomic E-state index is 0.334. The average Bonchev–Trinajstić information content (AvgIpc) is 2.85. The van der Waals surface area contributed by atoms with Crippen molar-refractivity contribution in [3.05, 3.63) is 41.9 Å². The molecule has 72 valence electrons. The second-order valence-electron chi connectivity index (χ2n) is 2.88. The number of azo groups is 1. The minimum absolute atomic E-state index is 0.334. The van der Waals surface area contributed by atoms with E-state index in [4.69, 9.17) is 4.74 Å². The van der Waals surface area contributed by atoms with Gasteiger partial charge in [0.2, 0.25) is 5.84 Å². The summed E-state index contributed by atoms with van der Waals surface area (Å²) in [6.45, 7) is 0. The van der Waals surface area contributed by atoms with Crippen LogP contribution >= 0.6 is 0 Å². The molecule has 0 amide bonds. The van der Waals surface area contributed by atoms with Crippen molar-refractivity contribution in [3.8, 4) is 5.75 Å². The molecule has 15 heavy (non-hydrogen) atoms. The number of ether oxygens (including phenoxy) is 1. The van der Waals surface area contributed by atoms with E-state index < -0.39 is 0 Å². The third-order valence-electron chi connectivity index (χ3n) is 1.89. The zero-order valence-corrected chi connectivity index (χ0v) is 7.53. The van der Waals surface area contributed by atoms with Gasteiger partial charge in [0.25, 0.3) is 5.88 Å². The van der Waals surface area contributed by atoms with Gasteiger partial charge in [0.15, 0.2) is 5.70 Å². The van der Waals surface area contributed by atoms with Gasteiger partial charge in [-0.2, -0.15) is 0 Å². The van der Waals surface area contributed by atoms with Crippen LogP contribution in [-0.4, -0.2) is 5.84 Å². The molecule has 2 heterocycles. The monoisotopic (exact) mass is 199 g/mol. The van der Waals surface area contributed by atoms with Crippen molar-refractivity contribution in [1.82, 2.24) is 0 Å². The fraction of sp³-hybridized carbons (Fsp3) is 0. The number of nitrogens with zero attached hydrogens (tertiary/aromatic N) is 5. The molecule has 0 saturated heterocycles. The first-order chi connectivity index (χ1) is 7.43. The number of para-hydroxylation sites is 1. The fourth-order valence-electron chi connectivity index (χ4n) is 1.22. The Hall–Kier alpha value is -2.37. The summed E-state index contributed by atoms with van der Waals surface area (Å²) in [6, 6.07) is 9.30. The highest BCUT2D eigenvalue weighted by molar-refractivity contribution is 6.00. The number of amidine groups is 1. The Bertz CT molecular complexity index is 515. The van der Waals surface area contributed by atoms with Gasteiger partial charge in [-0.3, -0.25) is 0 Å². The van der Waals surface area contributed by atoms with Crippen LogP contribution in [0.15, 0.2) is 67.6 Å². The lowest BCUT2D eigenvalue weighted by atomic mass is 10.3. The third-order valence-corrected chi connectivity index (χ3v) is 1.89. The number of benzene rings is 1. The molecule has 0 aromatic heterocycles. The third kappa shape index (κ3) is 1.32. The molecule has 0 fully saturated rings. The number of rotatable bonds is 2. The Morgan fingerprint density at radius 2 is 1.80 bits per heavy atom. The molecule has 0 bridgehead atoms. The lowest BCUT2D eigenvalue weighted by Gasteiger charge is -2.01. The molecule has 1 aromatic rings.